The Morgan fingerprint density at radius 1 is 1.04 bits per heavy atom. The Hall–Kier alpha value is -2.69. The number of thiophene rings is 1. The number of aromatic amines is 1. The van der Waals surface area contributed by atoms with Gasteiger partial charge in [0.05, 0.1) is 12.1 Å². The average molecular weight is 375 g/mol. The highest BCUT2D eigenvalue weighted by molar-refractivity contribution is 7.10. The van der Waals surface area contributed by atoms with Crippen LogP contribution in [0, 0.1) is 6.92 Å². The minimum Gasteiger partial charge on any atom is -0.360 e. The van der Waals surface area contributed by atoms with Gasteiger partial charge >= 0.3 is 0 Å². The number of nitrogens with one attached hydrogen (secondary N) is 2. The van der Waals surface area contributed by atoms with E-state index in [-0.39, 0.29) is 17.9 Å². The first kappa shape index (κ1) is 17.7. The molecule has 0 spiro atoms. The van der Waals surface area contributed by atoms with Crippen LogP contribution in [0.5, 0.6) is 0 Å². The van der Waals surface area contributed by atoms with Crippen molar-refractivity contribution in [3.8, 4) is 0 Å². The lowest BCUT2D eigenvalue weighted by atomic mass is 10.00. The molecule has 3 nitrogen and oxygen atoms in total. The molecule has 4 rings (SSSR count). The first-order chi connectivity index (χ1) is 13.1. The number of aromatic nitrogens is 1. The predicted molar refractivity (Wildman–Crippen MR) is 113 cm³/mol. The molecule has 4 aromatic rings. The van der Waals surface area contributed by atoms with Crippen molar-refractivity contribution in [2.75, 3.05) is 0 Å². The third kappa shape index (κ3) is 3.59. The van der Waals surface area contributed by atoms with Crippen molar-refractivity contribution < 1.29 is 4.79 Å². The van der Waals surface area contributed by atoms with Gasteiger partial charge in [-0.2, -0.15) is 0 Å². The lowest BCUT2D eigenvalue weighted by molar-refractivity contribution is 0.0949. The number of H-pyrrole nitrogens is 1. The van der Waals surface area contributed by atoms with Gasteiger partial charge in [0.25, 0.3) is 0 Å². The molecule has 4 heteroatoms. The van der Waals surface area contributed by atoms with Crippen molar-refractivity contribution >= 4 is 28.0 Å². The molecule has 2 atom stereocenters. The van der Waals surface area contributed by atoms with Crippen molar-refractivity contribution in [3.05, 3.63) is 93.8 Å². The smallest absolute Gasteiger partial charge is 0.181 e. The molecule has 0 aliphatic rings. The van der Waals surface area contributed by atoms with Crippen molar-refractivity contribution in [1.29, 1.82) is 0 Å². The summed E-state index contributed by atoms with van der Waals surface area (Å²) in [6.45, 7) is 4.03. The van der Waals surface area contributed by atoms with Crippen LogP contribution in [0.15, 0.2) is 72.2 Å². The van der Waals surface area contributed by atoms with E-state index in [9.17, 15) is 4.79 Å². The Bertz CT molecular complexity index is 1050. The molecule has 0 saturated carbocycles. The van der Waals surface area contributed by atoms with E-state index in [1.807, 2.05) is 37.4 Å². The molecule has 0 aliphatic heterocycles. The van der Waals surface area contributed by atoms with Crippen LogP contribution in [-0.4, -0.2) is 16.8 Å². The molecule has 136 valence electrons. The van der Waals surface area contributed by atoms with E-state index < -0.39 is 0 Å². The highest BCUT2D eigenvalue weighted by atomic mass is 32.1. The molecule has 0 unspecified atom stereocenters. The predicted octanol–water partition coefficient (Wildman–Crippen LogP) is 5.49. The van der Waals surface area contributed by atoms with Crippen LogP contribution in [0.4, 0.5) is 0 Å². The Labute approximate surface area is 163 Å². The van der Waals surface area contributed by atoms with E-state index >= 15 is 0 Å². The standard InChI is InChI=1S/C23H22N2OS/c1-15-9-11-17(12-10-15)22(21-8-5-13-27-21)25-16(2)23(26)19-14-24-20-7-4-3-6-18(19)20/h3-14,16,22,24-25H,1-2H3/t16-,22+/m0/s1. The first-order valence-corrected chi connectivity index (χ1v) is 9.98. The summed E-state index contributed by atoms with van der Waals surface area (Å²) in [5.41, 5.74) is 4.12. The van der Waals surface area contributed by atoms with Crippen LogP contribution < -0.4 is 5.32 Å². The maximum Gasteiger partial charge on any atom is 0.181 e. The molecule has 2 aromatic heterocycles. The third-order valence-electron chi connectivity index (χ3n) is 4.90. The Balaban J connectivity index is 1.62. The van der Waals surface area contributed by atoms with Gasteiger partial charge in [-0.1, -0.05) is 54.1 Å². The minimum atomic E-state index is -0.308. The summed E-state index contributed by atoms with van der Waals surface area (Å²) in [4.78, 5) is 17.5. The summed E-state index contributed by atoms with van der Waals surface area (Å²) in [7, 11) is 0. The van der Waals surface area contributed by atoms with E-state index in [0.29, 0.717) is 0 Å². The number of hydrogen-bond donors (Lipinski definition) is 2. The zero-order valence-corrected chi connectivity index (χ0v) is 16.2. The van der Waals surface area contributed by atoms with Crippen LogP contribution in [-0.2, 0) is 0 Å². The molecule has 0 bridgehead atoms. The largest absolute Gasteiger partial charge is 0.360 e. The minimum absolute atomic E-state index is 0.00486. The Morgan fingerprint density at radius 2 is 1.81 bits per heavy atom. The fraction of sp³-hybridized carbons (Fsp3) is 0.174. The number of benzene rings is 2. The molecule has 2 heterocycles. The van der Waals surface area contributed by atoms with Gasteiger partial charge in [-0.3, -0.25) is 10.1 Å². The summed E-state index contributed by atoms with van der Waals surface area (Å²) in [5, 5.41) is 6.60. The molecule has 27 heavy (non-hydrogen) atoms. The summed E-state index contributed by atoms with van der Waals surface area (Å²) in [6, 6.07) is 20.3. The summed E-state index contributed by atoms with van der Waals surface area (Å²) < 4.78 is 0. The number of carbonyl (C=O) groups excluding carboxylic acids is 1. The molecule has 0 aliphatic carbocycles. The van der Waals surface area contributed by atoms with E-state index in [1.165, 1.54) is 16.0 Å². The number of ketones is 1. The maximum atomic E-state index is 13.1. The molecule has 0 amide bonds. The molecular formula is C23H22N2OS. The SMILES string of the molecule is Cc1ccc([C@@H](N[C@@H](C)C(=O)c2c[nH]c3ccccc23)c2cccs2)cc1. The number of hydrogen-bond acceptors (Lipinski definition) is 3. The van der Waals surface area contributed by atoms with Crippen LogP contribution in [0.3, 0.4) is 0 Å². The molecule has 0 fully saturated rings. The van der Waals surface area contributed by atoms with Crippen molar-refractivity contribution in [1.82, 2.24) is 10.3 Å². The normalized spacial score (nSPS) is 13.6. The zero-order chi connectivity index (χ0) is 18.8. The number of para-hydroxylation sites is 1. The quantitative estimate of drug-likeness (QED) is 0.438. The van der Waals surface area contributed by atoms with E-state index in [2.05, 4.69) is 59.0 Å². The number of carbonyl (C=O) groups is 1. The molecule has 2 N–H and O–H groups in total. The van der Waals surface area contributed by atoms with Crippen LogP contribution in [0.2, 0.25) is 0 Å². The fourth-order valence-corrected chi connectivity index (χ4v) is 4.20. The van der Waals surface area contributed by atoms with Crippen molar-refractivity contribution in [2.45, 2.75) is 25.9 Å². The summed E-state index contributed by atoms with van der Waals surface area (Å²) in [5.74, 6) is 0.0983. The third-order valence-corrected chi connectivity index (χ3v) is 5.84. The highest BCUT2D eigenvalue weighted by Crippen LogP contribution is 2.28. The molecule has 0 saturated heterocycles. The Kier molecular flexibility index (Phi) is 4.92. The van der Waals surface area contributed by atoms with Gasteiger partial charge in [-0.25, -0.2) is 0 Å². The second kappa shape index (κ2) is 7.51. The van der Waals surface area contributed by atoms with Gasteiger partial charge < -0.3 is 4.98 Å². The summed E-state index contributed by atoms with van der Waals surface area (Å²) in [6.07, 6.45) is 1.82. The fourth-order valence-electron chi connectivity index (χ4n) is 3.39. The lowest BCUT2D eigenvalue weighted by Crippen LogP contribution is -2.37. The Morgan fingerprint density at radius 3 is 2.56 bits per heavy atom. The number of fused-ring (bicyclic) bond motifs is 1. The van der Waals surface area contributed by atoms with Crippen LogP contribution in [0.1, 0.15) is 39.3 Å². The first-order valence-electron chi connectivity index (χ1n) is 9.10. The van der Waals surface area contributed by atoms with Gasteiger partial charge in [0, 0.05) is 27.5 Å². The average Bonchev–Trinajstić information content (AvgIpc) is 3.36. The van der Waals surface area contributed by atoms with Crippen molar-refractivity contribution in [3.63, 3.8) is 0 Å². The molecule has 2 aromatic carbocycles. The second-order valence-electron chi connectivity index (χ2n) is 6.86. The highest BCUT2D eigenvalue weighted by Gasteiger charge is 2.24. The maximum absolute atomic E-state index is 13.1. The van der Waals surface area contributed by atoms with Gasteiger partial charge in [-0.15, -0.1) is 11.3 Å². The number of aryl methyl sites for hydroxylation is 1. The van der Waals surface area contributed by atoms with E-state index in [0.717, 1.165) is 16.5 Å². The monoisotopic (exact) mass is 374 g/mol. The number of Topliss-reactive ketones (excluding diaryl/α,β-unsaturated/α-hetero) is 1. The van der Waals surface area contributed by atoms with Crippen LogP contribution >= 0.6 is 11.3 Å². The molecule has 0 radical (unpaired) electrons. The van der Waals surface area contributed by atoms with Gasteiger partial charge in [0.2, 0.25) is 0 Å². The molecular weight excluding hydrogens is 352 g/mol. The van der Waals surface area contributed by atoms with Crippen molar-refractivity contribution in [2.24, 2.45) is 0 Å². The van der Waals surface area contributed by atoms with E-state index in [1.54, 1.807) is 11.3 Å². The number of rotatable bonds is 6. The van der Waals surface area contributed by atoms with Gasteiger partial charge in [0.15, 0.2) is 5.78 Å². The van der Waals surface area contributed by atoms with E-state index in [4.69, 9.17) is 0 Å². The second-order valence-corrected chi connectivity index (χ2v) is 7.84. The van der Waals surface area contributed by atoms with Crippen LogP contribution in [0.25, 0.3) is 10.9 Å². The van der Waals surface area contributed by atoms with Gasteiger partial charge in [0.1, 0.15) is 0 Å². The lowest BCUT2D eigenvalue weighted by Gasteiger charge is -2.22. The summed E-state index contributed by atoms with van der Waals surface area (Å²) >= 11 is 1.70. The van der Waals surface area contributed by atoms with Gasteiger partial charge in [-0.05, 0) is 36.9 Å². The zero-order valence-electron chi connectivity index (χ0n) is 15.4. The topological polar surface area (TPSA) is 44.9 Å².